The number of benzene rings is 2. The Morgan fingerprint density at radius 2 is 1.67 bits per heavy atom. The van der Waals surface area contributed by atoms with Crippen LogP contribution >= 0.6 is 0 Å². The number of aryl methyl sites for hydroxylation is 2. The van der Waals surface area contributed by atoms with E-state index in [0.717, 1.165) is 28.0 Å². The van der Waals surface area contributed by atoms with E-state index in [1.165, 1.54) is 12.1 Å². The van der Waals surface area contributed by atoms with Crippen LogP contribution in [0.4, 0.5) is 4.39 Å². The first-order valence-corrected chi connectivity index (χ1v) is 10.8. The SMILES string of the molecule is CCc1nc2cc(C)ccn2c1C(=O)NCc1cccc(C(=O)NCc2ccc(F)cc2)c1. The summed E-state index contributed by atoms with van der Waals surface area (Å²) in [5.41, 5.74) is 5.20. The number of pyridine rings is 1. The summed E-state index contributed by atoms with van der Waals surface area (Å²) < 4.78 is 14.8. The highest BCUT2D eigenvalue weighted by Crippen LogP contribution is 2.15. The van der Waals surface area contributed by atoms with Crippen LogP contribution in [0.25, 0.3) is 5.65 Å². The van der Waals surface area contributed by atoms with Crippen LogP contribution in [0.2, 0.25) is 0 Å². The van der Waals surface area contributed by atoms with Gasteiger partial charge in [-0.25, -0.2) is 9.37 Å². The minimum atomic E-state index is -0.315. The molecule has 0 saturated carbocycles. The molecule has 4 aromatic rings. The lowest BCUT2D eigenvalue weighted by Crippen LogP contribution is -2.26. The summed E-state index contributed by atoms with van der Waals surface area (Å²) in [6.07, 6.45) is 2.50. The maximum absolute atomic E-state index is 13.0. The Morgan fingerprint density at radius 3 is 2.42 bits per heavy atom. The first-order chi connectivity index (χ1) is 15.9. The van der Waals surface area contributed by atoms with Gasteiger partial charge in [0, 0.05) is 24.8 Å². The predicted molar refractivity (Wildman–Crippen MR) is 124 cm³/mol. The van der Waals surface area contributed by atoms with Gasteiger partial charge in [-0.3, -0.25) is 14.0 Å². The molecule has 0 aliphatic heterocycles. The molecule has 0 aliphatic carbocycles. The van der Waals surface area contributed by atoms with Gasteiger partial charge in [0.25, 0.3) is 11.8 Å². The van der Waals surface area contributed by atoms with E-state index in [1.807, 2.05) is 38.2 Å². The number of nitrogens with one attached hydrogen (secondary N) is 2. The zero-order valence-corrected chi connectivity index (χ0v) is 18.6. The maximum Gasteiger partial charge on any atom is 0.270 e. The molecule has 0 saturated heterocycles. The lowest BCUT2D eigenvalue weighted by molar-refractivity contribution is 0.0940. The standard InChI is InChI=1S/C26H25FN4O2/c1-3-22-24(31-12-11-17(2)13-23(31)30-22)26(33)29-16-19-5-4-6-20(14-19)25(32)28-15-18-7-9-21(27)10-8-18/h4-14H,3,15-16H2,1-2H3,(H,28,32)(H,29,33). The number of amides is 2. The molecule has 0 unspecified atom stereocenters. The van der Waals surface area contributed by atoms with Crippen molar-refractivity contribution >= 4 is 17.5 Å². The maximum atomic E-state index is 13.0. The molecular formula is C26H25FN4O2. The van der Waals surface area contributed by atoms with Crippen molar-refractivity contribution in [3.63, 3.8) is 0 Å². The summed E-state index contributed by atoms with van der Waals surface area (Å²) >= 11 is 0. The normalized spacial score (nSPS) is 10.9. The number of fused-ring (bicyclic) bond motifs is 1. The summed E-state index contributed by atoms with van der Waals surface area (Å²) in [6, 6.07) is 17.0. The molecule has 168 valence electrons. The Kier molecular flexibility index (Phi) is 6.49. The topological polar surface area (TPSA) is 75.5 Å². The summed E-state index contributed by atoms with van der Waals surface area (Å²) in [4.78, 5) is 30.1. The van der Waals surface area contributed by atoms with Crippen molar-refractivity contribution < 1.29 is 14.0 Å². The quantitative estimate of drug-likeness (QED) is 0.449. The van der Waals surface area contributed by atoms with Crippen molar-refractivity contribution in [2.75, 3.05) is 0 Å². The van der Waals surface area contributed by atoms with Crippen LogP contribution in [0.1, 0.15) is 50.2 Å². The summed E-state index contributed by atoms with van der Waals surface area (Å²) in [6.45, 7) is 4.54. The number of aromatic nitrogens is 2. The molecule has 0 aliphatic rings. The van der Waals surface area contributed by atoms with Gasteiger partial charge in [-0.05, 0) is 66.4 Å². The van der Waals surface area contributed by atoms with Crippen LogP contribution in [0.15, 0.2) is 66.9 Å². The molecule has 2 heterocycles. The molecule has 2 aromatic heterocycles. The highest BCUT2D eigenvalue weighted by atomic mass is 19.1. The van der Waals surface area contributed by atoms with Gasteiger partial charge in [0.15, 0.2) is 0 Å². The molecular weight excluding hydrogens is 419 g/mol. The fourth-order valence-corrected chi connectivity index (χ4v) is 3.66. The number of carbonyl (C=O) groups is 2. The van der Waals surface area contributed by atoms with Crippen LogP contribution in [0, 0.1) is 12.7 Å². The number of hydrogen-bond acceptors (Lipinski definition) is 3. The molecule has 6 nitrogen and oxygen atoms in total. The van der Waals surface area contributed by atoms with Gasteiger partial charge in [-0.1, -0.05) is 31.2 Å². The molecule has 0 bridgehead atoms. The fraction of sp³-hybridized carbons (Fsp3) is 0.192. The zero-order chi connectivity index (χ0) is 23.4. The van der Waals surface area contributed by atoms with E-state index in [1.54, 1.807) is 34.7 Å². The van der Waals surface area contributed by atoms with Crippen LogP contribution in [0.5, 0.6) is 0 Å². The second-order valence-corrected chi connectivity index (χ2v) is 7.89. The Balaban J connectivity index is 1.42. The summed E-state index contributed by atoms with van der Waals surface area (Å²) in [7, 11) is 0. The van der Waals surface area contributed by atoms with E-state index in [-0.39, 0.29) is 24.2 Å². The Hall–Kier alpha value is -4.00. The van der Waals surface area contributed by atoms with Crippen LogP contribution in [-0.2, 0) is 19.5 Å². The molecule has 33 heavy (non-hydrogen) atoms. The van der Waals surface area contributed by atoms with Crippen molar-refractivity contribution in [1.29, 1.82) is 0 Å². The van der Waals surface area contributed by atoms with Crippen molar-refractivity contribution in [2.45, 2.75) is 33.4 Å². The van der Waals surface area contributed by atoms with Crippen molar-refractivity contribution in [2.24, 2.45) is 0 Å². The van der Waals surface area contributed by atoms with E-state index in [2.05, 4.69) is 15.6 Å². The fourth-order valence-electron chi connectivity index (χ4n) is 3.66. The van der Waals surface area contributed by atoms with Crippen LogP contribution < -0.4 is 10.6 Å². The third-order valence-electron chi connectivity index (χ3n) is 5.41. The van der Waals surface area contributed by atoms with Gasteiger partial charge in [-0.2, -0.15) is 0 Å². The highest BCUT2D eigenvalue weighted by molar-refractivity contribution is 5.95. The summed E-state index contributed by atoms with van der Waals surface area (Å²) in [5.74, 6) is -0.766. The van der Waals surface area contributed by atoms with Gasteiger partial charge in [0.1, 0.15) is 17.2 Å². The Bertz CT molecular complexity index is 1310. The first kappa shape index (κ1) is 22.2. The van der Waals surface area contributed by atoms with Crippen molar-refractivity contribution in [3.8, 4) is 0 Å². The van der Waals surface area contributed by atoms with E-state index in [0.29, 0.717) is 24.2 Å². The van der Waals surface area contributed by atoms with Gasteiger partial charge in [0.05, 0.1) is 5.69 Å². The molecule has 2 aromatic carbocycles. The smallest absolute Gasteiger partial charge is 0.270 e. The van der Waals surface area contributed by atoms with Crippen molar-refractivity contribution in [1.82, 2.24) is 20.0 Å². The second kappa shape index (κ2) is 9.65. The Morgan fingerprint density at radius 1 is 0.939 bits per heavy atom. The predicted octanol–water partition coefficient (Wildman–Crippen LogP) is 4.20. The molecule has 2 amide bonds. The first-order valence-electron chi connectivity index (χ1n) is 10.8. The highest BCUT2D eigenvalue weighted by Gasteiger charge is 2.18. The Labute approximate surface area is 191 Å². The monoisotopic (exact) mass is 444 g/mol. The lowest BCUT2D eigenvalue weighted by Gasteiger charge is -2.09. The summed E-state index contributed by atoms with van der Waals surface area (Å²) in [5, 5.41) is 5.77. The number of halogens is 1. The second-order valence-electron chi connectivity index (χ2n) is 7.89. The zero-order valence-electron chi connectivity index (χ0n) is 18.6. The molecule has 0 spiro atoms. The molecule has 0 radical (unpaired) electrons. The number of carbonyl (C=O) groups excluding carboxylic acids is 2. The largest absolute Gasteiger partial charge is 0.348 e. The average Bonchev–Trinajstić information content (AvgIpc) is 3.20. The molecule has 0 atom stereocenters. The average molecular weight is 445 g/mol. The van der Waals surface area contributed by atoms with Gasteiger partial charge < -0.3 is 10.6 Å². The van der Waals surface area contributed by atoms with Gasteiger partial charge in [-0.15, -0.1) is 0 Å². The van der Waals surface area contributed by atoms with Crippen LogP contribution in [0.3, 0.4) is 0 Å². The minimum absolute atomic E-state index is 0.214. The molecule has 2 N–H and O–H groups in total. The van der Waals surface area contributed by atoms with Crippen LogP contribution in [-0.4, -0.2) is 21.2 Å². The van der Waals surface area contributed by atoms with Gasteiger partial charge in [0.2, 0.25) is 0 Å². The molecule has 0 fully saturated rings. The van der Waals surface area contributed by atoms with E-state index in [9.17, 15) is 14.0 Å². The lowest BCUT2D eigenvalue weighted by atomic mass is 10.1. The van der Waals surface area contributed by atoms with Gasteiger partial charge >= 0.3 is 0 Å². The molecule has 7 heteroatoms. The van der Waals surface area contributed by atoms with Crippen molar-refractivity contribution in [3.05, 3.63) is 106 Å². The minimum Gasteiger partial charge on any atom is -0.348 e. The van der Waals surface area contributed by atoms with E-state index in [4.69, 9.17) is 0 Å². The number of hydrogen-bond donors (Lipinski definition) is 2. The molecule has 4 rings (SSSR count). The number of nitrogens with zero attached hydrogens (tertiary/aromatic N) is 2. The third-order valence-corrected chi connectivity index (χ3v) is 5.41. The number of rotatable bonds is 7. The van der Waals surface area contributed by atoms with E-state index < -0.39 is 0 Å². The number of imidazole rings is 1. The van der Waals surface area contributed by atoms with E-state index >= 15 is 0 Å². The third kappa shape index (κ3) is 5.09.